The lowest BCUT2D eigenvalue weighted by Crippen LogP contribution is -2.63. The SMILES string of the molecule is COCC(=O)OC[C@H]1O[C@H](OC[C@H](O)CBr)[C@H](OC(=O)COC)[C@@H](OC(=O)COC)[C@@H]1OC(=O)COC. The zero-order valence-corrected chi connectivity index (χ0v) is 22.5. The van der Waals surface area contributed by atoms with Crippen molar-refractivity contribution in [2.24, 2.45) is 0 Å². The highest BCUT2D eigenvalue weighted by Crippen LogP contribution is 2.30. The molecule has 16 heteroatoms. The molecule has 0 aromatic heterocycles. The van der Waals surface area contributed by atoms with Gasteiger partial charge in [-0.3, -0.25) is 0 Å². The van der Waals surface area contributed by atoms with E-state index in [2.05, 4.69) is 15.9 Å². The zero-order chi connectivity index (χ0) is 27.8. The number of alkyl halides is 1. The number of carbonyl (C=O) groups excluding carboxylic acids is 4. The molecule has 0 amide bonds. The Morgan fingerprint density at radius 3 is 1.70 bits per heavy atom. The van der Waals surface area contributed by atoms with Crippen LogP contribution in [0.15, 0.2) is 0 Å². The van der Waals surface area contributed by atoms with E-state index in [9.17, 15) is 24.3 Å². The lowest BCUT2D eigenvalue weighted by Gasteiger charge is -2.44. The first-order valence-electron chi connectivity index (χ1n) is 10.9. The van der Waals surface area contributed by atoms with Crippen molar-refractivity contribution in [1.29, 1.82) is 0 Å². The van der Waals surface area contributed by atoms with Crippen molar-refractivity contribution in [2.45, 2.75) is 36.8 Å². The number of hydrogen-bond acceptors (Lipinski definition) is 15. The molecule has 0 radical (unpaired) electrons. The number of hydrogen-bond donors (Lipinski definition) is 1. The molecule has 6 atom stereocenters. The van der Waals surface area contributed by atoms with Crippen LogP contribution in [0.3, 0.4) is 0 Å². The lowest BCUT2D eigenvalue weighted by molar-refractivity contribution is -0.312. The zero-order valence-electron chi connectivity index (χ0n) is 21.0. The second-order valence-corrected chi connectivity index (χ2v) is 8.11. The van der Waals surface area contributed by atoms with E-state index in [1.54, 1.807) is 0 Å². The first-order valence-corrected chi connectivity index (χ1v) is 12.0. The minimum absolute atomic E-state index is 0.148. The topological polar surface area (TPSA) is 181 Å². The van der Waals surface area contributed by atoms with E-state index in [0.717, 1.165) is 0 Å². The fraction of sp³-hybridized carbons (Fsp3) is 0.810. The van der Waals surface area contributed by atoms with Crippen molar-refractivity contribution in [3.63, 3.8) is 0 Å². The third-order valence-corrected chi connectivity index (χ3v) is 5.23. The molecule has 15 nitrogen and oxygen atoms in total. The third-order valence-electron chi connectivity index (χ3n) is 4.48. The molecular weight excluding hydrogens is 572 g/mol. The number of ether oxygens (including phenoxy) is 10. The lowest BCUT2D eigenvalue weighted by atomic mass is 9.98. The van der Waals surface area contributed by atoms with Crippen LogP contribution in [0.2, 0.25) is 0 Å². The summed E-state index contributed by atoms with van der Waals surface area (Å²) >= 11 is 3.10. The maximum Gasteiger partial charge on any atom is 0.332 e. The molecule has 1 heterocycles. The van der Waals surface area contributed by atoms with Crippen LogP contribution in [-0.4, -0.2) is 139 Å². The van der Waals surface area contributed by atoms with Gasteiger partial charge in [-0.15, -0.1) is 0 Å². The molecular formula is C21H33BrO15. The van der Waals surface area contributed by atoms with Crippen LogP contribution in [0.5, 0.6) is 0 Å². The monoisotopic (exact) mass is 604 g/mol. The highest BCUT2D eigenvalue weighted by Gasteiger charge is 2.53. The molecule has 0 bridgehead atoms. The normalized spacial score (nSPS) is 24.1. The molecule has 1 fully saturated rings. The van der Waals surface area contributed by atoms with Gasteiger partial charge < -0.3 is 52.5 Å². The van der Waals surface area contributed by atoms with E-state index in [1.807, 2.05) is 0 Å². The highest BCUT2D eigenvalue weighted by atomic mass is 79.9. The van der Waals surface area contributed by atoms with E-state index in [1.165, 1.54) is 28.4 Å². The molecule has 0 saturated carbocycles. The standard InChI is InChI=1S/C21H33BrO15/c1-28-8-14(24)32-7-13-18(35-15(25)9-29-2)19(36-16(26)10-30-3)20(37-17(27)11-31-4)21(34-13)33-6-12(23)5-22/h12-13,18-21,23H,5-11H2,1-4H3/t12-,13-,18-,19+,20-,21+/m1/s1. The summed E-state index contributed by atoms with van der Waals surface area (Å²) in [5, 5.41) is 10.1. The summed E-state index contributed by atoms with van der Waals surface area (Å²) in [6.07, 6.45) is -8.19. The average Bonchev–Trinajstić information content (AvgIpc) is 2.84. The van der Waals surface area contributed by atoms with Crippen LogP contribution < -0.4 is 0 Å². The molecule has 0 spiro atoms. The predicted octanol–water partition coefficient (Wildman–Crippen LogP) is -1.65. The van der Waals surface area contributed by atoms with Gasteiger partial charge in [0, 0.05) is 33.8 Å². The molecule has 1 aliphatic rings. The van der Waals surface area contributed by atoms with Crippen LogP contribution >= 0.6 is 15.9 Å². The quantitative estimate of drug-likeness (QED) is 0.113. The van der Waals surface area contributed by atoms with Gasteiger partial charge >= 0.3 is 23.9 Å². The Balaban J connectivity index is 3.41. The Kier molecular flexibility index (Phi) is 16.4. The number of esters is 4. The van der Waals surface area contributed by atoms with Gasteiger partial charge in [-0.1, -0.05) is 15.9 Å². The first-order chi connectivity index (χ1) is 17.7. The fourth-order valence-corrected chi connectivity index (χ4v) is 3.23. The van der Waals surface area contributed by atoms with E-state index < -0.39 is 87.1 Å². The van der Waals surface area contributed by atoms with Crippen LogP contribution in [0.4, 0.5) is 0 Å². The smallest absolute Gasteiger partial charge is 0.332 e. The van der Waals surface area contributed by atoms with E-state index in [0.29, 0.717) is 0 Å². The molecule has 1 saturated heterocycles. The van der Waals surface area contributed by atoms with Gasteiger partial charge in [0.2, 0.25) is 0 Å². The second kappa shape index (κ2) is 18.4. The van der Waals surface area contributed by atoms with Crippen LogP contribution in [0.25, 0.3) is 0 Å². The molecule has 1 aliphatic heterocycles. The Morgan fingerprint density at radius 1 is 0.757 bits per heavy atom. The molecule has 0 aromatic rings. The van der Waals surface area contributed by atoms with E-state index in [-0.39, 0.29) is 18.5 Å². The molecule has 1 rings (SSSR count). The minimum atomic E-state index is -1.52. The molecule has 0 aliphatic carbocycles. The summed E-state index contributed by atoms with van der Waals surface area (Å²) in [7, 11) is 5.06. The molecule has 0 unspecified atom stereocenters. The maximum atomic E-state index is 12.4. The molecule has 37 heavy (non-hydrogen) atoms. The summed E-state index contributed by atoms with van der Waals surface area (Å²) < 4.78 is 52.0. The van der Waals surface area contributed by atoms with Gasteiger partial charge in [-0.25, -0.2) is 19.2 Å². The maximum absolute atomic E-state index is 12.4. The number of halogens is 1. The average molecular weight is 605 g/mol. The van der Waals surface area contributed by atoms with Crippen molar-refractivity contribution in [3.8, 4) is 0 Å². The van der Waals surface area contributed by atoms with Gasteiger partial charge in [0.15, 0.2) is 24.6 Å². The number of methoxy groups -OCH3 is 4. The summed E-state index contributed by atoms with van der Waals surface area (Å²) in [6.45, 7) is -2.60. The van der Waals surface area contributed by atoms with Crippen LogP contribution in [0, 0.1) is 0 Å². The Hall–Kier alpha value is -1.92. The van der Waals surface area contributed by atoms with Crippen molar-refractivity contribution >= 4 is 39.8 Å². The van der Waals surface area contributed by atoms with Crippen LogP contribution in [0.1, 0.15) is 0 Å². The van der Waals surface area contributed by atoms with Crippen LogP contribution in [-0.2, 0) is 66.5 Å². The summed E-state index contributed by atoms with van der Waals surface area (Å²) in [4.78, 5) is 48.9. The van der Waals surface area contributed by atoms with Gasteiger partial charge in [-0.05, 0) is 0 Å². The summed E-state index contributed by atoms with van der Waals surface area (Å²) in [6, 6.07) is 0. The highest BCUT2D eigenvalue weighted by molar-refractivity contribution is 9.09. The van der Waals surface area contributed by atoms with E-state index in [4.69, 9.17) is 47.4 Å². The van der Waals surface area contributed by atoms with Gasteiger partial charge in [0.05, 0.1) is 12.7 Å². The van der Waals surface area contributed by atoms with Crippen molar-refractivity contribution in [2.75, 3.05) is 73.4 Å². The Morgan fingerprint density at radius 2 is 1.22 bits per heavy atom. The predicted molar refractivity (Wildman–Crippen MR) is 123 cm³/mol. The third kappa shape index (κ3) is 12.0. The first kappa shape index (κ1) is 33.1. The number of carbonyl (C=O) groups is 4. The molecule has 214 valence electrons. The molecule has 1 N–H and O–H groups in total. The Labute approximate surface area is 221 Å². The largest absolute Gasteiger partial charge is 0.461 e. The fourth-order valence-electron chi connectivity index (χ4n) is 3.04. The summed E-state index contributed by atoms with van der Waals surface area (Å²) in [5.41, 5.74) is 0. The number of aliphatic hydroxyl groups is 1. The number of aliphatic hydroxyl groups excluding tert-OH is 1. The van der Waals surface area contributed by atoms with E-state index >= 15 is 0 Å². The van der Waals surface area contributed by atoms with Gasteiger partial charge in [0.25, 0.3) is 0 Å². The second-order valence-electron chi connectivity index (χ2n) is 7.46. The van der Waals surface area contributed by atoms with Crippen molar-refractivity contribution < 1.29 is 71.7 Å². The number of rotatable bonds is 17. The van der Waals surface area contributed by atoms with Crippen molar-refractivity contribution in [1.82, 2.24) is 0 Å². The van der Waals surface area contributed by atoms with Crippen molar-refractivity contribution in [3.05, 3.63) is 0 Å². The van der Waals surface area contributed by atoms with Gasteiger partial charge in [-0.2, -0.15) is 0 Å². The van der Waals surface area contributed by atoms with Gasteiger partial charge in [0.1, 0.15) is 39.1 Å². The summed E-state index contributed by atoms with van der Waals surface area (Å²) in [5.74, 6) is -3.43. The molecule has 0 aromatic carbocycles. The Bertz CT molecular complexity index is 720. The minimum Gasteiger partial charge on any atom is -0.461 e.